The smallest absolute Gasteiger partial charge is 0.105 e. The molecule has 0 fully saturated rings. The minimum absolute atomic E-state index is 0.0312. The highest BCUT2D eigenvalue weighted by Gasteiger charge is 2.10. The Kier molecular flexibility index (Phi) is 4.09. The zero-order valence-corrected chi connectivity index (χ0v) is 12.1. The van der Waals surface area contributed by atoms with Crippen LogP contribution >= 0.6 is 15.9 Å². The van der Waals surface area contributed by atoms with Crippen LogP contribution in [0.15, 0.2) is 39.4 Å². The van der Waals surface area contributed by atoms with E-state index < -0.39 is 0 Å². The fraction of sp³-hybridized carbons (Fsp3) is 0.286. The number of hydrogen-bond donors (Lipinski definition) is 1. The van der Waals surface area contributed by atoms with Crippen molar-refractivity contribution in [2.24, 2.45) is 0 Å². The number of hydrogen-bond acceptors (Lipinski definition) is 3. The molecule has 0 aliphatic carbocycles. The van der Waals surface area contributed by atoms with Gasteiger partial charge in [0.05, 0.1) is 12.9 Å². The zero-order chi connectivity index (χ0) is 13.1. The van der Waals surface area contributed by atoms with E-state index in [4.69, 9.17) is 4.42 Å². The first kappa shape index (κ1) is 13.2. The Morgan fingerprint density at radius 1 is 1.28 bits per heavy atom. The third-order valence-corrected chi connectivity index (χ3v) is 3.49. The number of aryl methyl sites for hydroxylation is 1. The fourth-order valence-corrected chi connectivity index (χ4v) is 2.38. The van der Waals surface area contributed by atoms with Crippen LogP contribution in [0.1, 0.15) is 16.9 Å². The molecule has 1 heterocycles. The lowest BCUT2D eigenvalue weighted by atomic mass is 10.1. The first-order valence-electron chi connectivity index (χ1n) is 5.75. The lowest BCUT2D eigenvalue weighted by Crippen LogP contribution is -2.18. The molecule has 0 radical (unpaired) electrons. The summed E-state index contributed by atoms with van der Waals surface area (Å²) in [6.45, 7) is 2.75. The van der Waals surface area contributed by atoms with Gasteiger partial charge in [-0.15, -0.1) is 0 Å². The number of rotatable bonds is 4. The SMILES string of the molecule is Cc1occc1CN(C)c1ccc(Br)cc1CO. The van der Waals surface area contributed by atoms with Gasteiger partial charge >= 0.3 is 0 Å². The van der Waals surface area contributed by atoms with Crippen molar-refractivity contribution in [1.29, 1.82) is 0 Å². The number of furan rings is 1. The number of aliphatic hydroxyl groups excluding tert-OH is 1. The van der Waals surface area contributed by atoms with E-state index in [2.05, 4.69) is 20.8 Å². The minimum Gasteiger partial charge on any atom is -0.469 e. The first-order chi connectivity index (χ1) is 8.61. The Morgan fingerprint density at radius 3 is 2.67 bits per heavy atom. The molecule has 0 aliphatic heterocycles. The molecule has 0 saturated heterocycles. The topological polar surface area (TPSA) is 36.6 Å². The van der Waals surface area contributed by atoms with Gasteiger partial charge in [-0.1, -0.05) is 15.9 Å². The highest BCUT2D eigenvalue weighted by atomic mass is 79.9. The lowest BCUT2D eigenvalue weighted by Gasteiger charge is -2.22. The Labute approximate surface area is 115 Å². The van der Waals surface area contributed by atoms with Gasteiger partial charge in [0.15, 0.2) is 0 Å². The number of anilines is 1. The van der Waals surface area contributed by atoms with Crippen molar-refractivity contribution in [3.63, 3.8) is 0 Å². The van der Waals surface area contributed by atoms with Crippen molar-refractivity contribution in [2.45, 2.75) is 20.1 Å². The Balaban J connectivity index is 2.23. The van der Waals surface area contributed by atoms with E-state index in [9.17, 15) is 5.11 Å². The summed E-state index contributed by atoms with van der Waals surface area (Å²) in [7, 11) is 2.01. The van der Waals surface area contributed by atoms with E-state index in [-0.39, 0.29) is 6.61 Å². The van der Waals surface area contributed by atoms with Gasteiger partial charge in [-0.2, -0.15) is 0 Å². The molecule has 3 nitrogen and oxygen atoms in total. The normalized spacial score (nSPS) is 10.7. The summed E-state index contributed by atoms with van der Waals surface area (Å²) in [5, 5.41) is 9.41. The Morgan fingerprint density at radius 2 is 2.06 bits per heavy atom. The van der Waals surface area contributed by atoms with Gasteiger partial charge in [-0.3, -0.25) is 0 Å². The average molecular weight is 310 g/mol. The van der Waals surface area contributed by atoms with Crippen LogP contribution in [0.25, 0.3) is 0 Å². The summed E-state index contributed by atoms with van der Waals surface area (Å²) in [6, 6.07) is 7.90. The van der Waals surface area contributed by atoms with Crippen molar-refractivity contribution < 1.29 is 9.52 Å². The summed E-state index contributed by atoms with van der Waals surface area (Å²) in [6.07, 6.45) is 1.70. The van der Waals surface area contributed by atoms with Crippen LogP contribution in [0, 0.1) is 6.92 Å². The first-order valence-corrected chi connectivity index (χ1v) is 6.54. The van der Waals surface area contributed by atoms with Crippen LogP contribution in [0.3, 0.4) is 0 Å². The lowest BCUT2D eigenvalue weighted by molar-refractivity contribution is 0.282. The molecule has 0 atom stereocenters. The number of nitrogens with zero attached hydrogens (tertiary/aromatic N) is 1. The molecule has 0 amide bonds. The molecule has 96 valence electrons. The van der Waals surface area contributed by atoms with Crippen LogP contribution in [0.2, 0.25) is 0 Å². The second kappa shape index (κ2) is 5.59. The number of halogens is 1. The van der Waals surface area contributed by atoms with Crippen molar-refractivity contribution in [3.8, 4) is 0 Å². The molecule has 0 bridgehead atoms. The van der Waals surface area contributed by atoms with Crippen LogP contribution in [0.5, 0.6) is 0 Å². The van der Waals surface area contributed by atoms with Gasteiger partial charge in [-0.05, 0) is 31.2 Å². The number of benzene rings is 1. The van der Waals surface area contributed by atoms with Gasteiger partial charge in [0, 0.05) is 34.9 Å². The summed E-state index contributed by atoms with van der Waals surface area (Å²) >= 11 is 3.41. The molecule has 4 heteroatoms. The van der Waals surface area contributed by atoms with Crippen molar-refractivity contribution in [1.82, 2.24) is 0 Å². The molecule has 1 aromatic heterocycles. The van der Waals surface area contributed by atoms with E-state index >= 15 is 0 Å². The molecular weight excluding hydrogens is 294 g/mol. The van der Waals surface area contributed by atoms with Gasteiger partial charge in [0.1, 0.15) is 5.76 Å². The van der Waals surface area contributed by atoms with Crippen LogP contribution in [-0.4, -0.2) is 12.2 Å². The van der Waals surface area contributed by atoms with Crippen molar-refractivity contribution >= 4 is 21.6 Å². The fourth-order valence-electron chi connectivity index (χ4n) is 1.97. The highest BCUT2D eigenvalue weighted by molar-refractivity contribution is 9.10. The maximum atomic E-state index is 9.41. The monoisotopic (exact) mass is 309 g/mol. The molecule has 2 rings (SSSR count). The summed E-state index contributed by atoms with van der Waals surface area (Å²) < 4.78 is 6.27. The molecule has 0 spiro atoms. The maximum absolute atomic E-state index is 9.41. The van der Waals surface area contributed by atoms with Crippen molar-refractivity contribution in [3.05, 3.63) is 51.9 Å². The van der Waals surface area contributed by atoms with E-state index in [0.717, 1.165) is 33.6 Å². The second-order valence-corrected chi connectivity index (χ2v) is 5.20. The third-order valence-electron chi connectivity index (χ3n) is 3.00. The molecule has 1 aromatic carbocycles. The van der Waals surface area contributed by atoms with Gasteiger partial charge < -0.3 is 14.4 Å². The van der Waals surface area contributed by atoms with Gasteiger partial charge in [-0.25, -0.2) is 0 Å². The maximum Gasteiger partial charge on any atom is 0.105 e. The average Bonchev–Trinajstić information content (AvgIpc) is 2.74. The molecular formula is C14H16BrNO2. The quantitative estimate of drug-likeness (QED) is 0.939. The predicted octanol–water partition coefficient (Wildman–Crippen LogP) is 3.48. The van der Waals surface area contributed by atoms with E-state index in [0.29, 0.717) is 0 Å². The van der Waals surface area contributed by atoms with Crippen LogP contribution in [0.4, 0.5) is 5.69 Å². The zero-order valence-electron chi connectivity index (χ0n) is 10.5. The summed E-state index contributed by atoms with van der Waals surface area (Å²) in [5.74, 6) is 0.935. The largest absolute Gasteiger partial charge is 0.469 e. The summed E-state index contributed by atoms with van der Waals surface area (Å²) in [5.41, 5.74) is 3.10. The standard InChI is InChI=1S/C14H16BrNO2/c1-10-11(5-6-18-10)8-16(2)14-4-3-13(15)7-12(14)9-17/h3-7,17H,8-9H2,1-2H3. The van der Waals surface area contributed by atoms with Gasteiger partial charge in [0.2, 0.25) is 0 Å². The molecule has 18 heavy (non-hydrogen) atoms. The van der Waals surface area contributed by atoms with Crippen LogP contribution in [-0.2, 0) is 13.2 Å². The predicted molar refractivity (Wildman–Crippen MR) is 75.6 cm³/mol. The highest BCUT2D eigenvalue weighted by Crippen LogP contribution is 2.25. The molecule has 0 unspecified atom stereocenters. The van der Waals surface area contributed by atoms with E-state index in [1.54, 1.807) is 6.26 Å². The number of aliphatic hydroxyl groups is 1. The minimum atomic E-state index is 0.0312. The van der Waals surface area contributed by atoms with Crippen molar-refractivity contribution in [2.75, 3.05) is 11.9 Å². The van der Waals surface area contributed by atoms with Gasteiger partial charge in [0.25, 0.3) is 0 Å². The Bertz CT molecular complexity index is 536. The molecule has 0 aliphatic rings. The Hall–Kier alpha value is -1.26. The molecule has 2 aromatic rings. The second-order valence-electron chi connectivity index (χ2n) is 4.29. The van der Waals surface area contributed by atoms with E-state index in [1.165, 1.54) is 0 Å². The molecule has 1 N–H and O–H groups in total. The van der Waals surface area contributed by atoms with Crippen LogP contribution < -0.4 is 4.90 Å². The van der Waals surface area contributed by atoms with E-state index in [1.807, 2.05) is 38.2 Å². The molecule has 0 saturated carbocycles. The summed E-state index contributed by atoms with van der Waals surface area (Å²) in [4.78, 5) is 2.11. The third kappa shape index (κ3) is 2.76.